The molecule has 2 amide bonds. The minimum Gasteiger partial charge on any atom is -0.480 e. The number of ether oxygens (including phenoxy) is 1. The third-order valence-corrected chi connectivity index (χ3v) is 4.68. The largest absolute Gasteiger partial charge is 0.480 e. The van der Waals surface area contributed by atoms with Crippen LogP contribution >= 0.6 is 15.9 Å². The number of carbonyl (C=O) groups is 2. The SMILES string of the molecule is C#CCOc1cccc(N2C(=O)C3=C(CCCC3)C2=O)c1Br. The summed E-state index contributed by atoms with van der Waals surface area (Å²) in [6.45, 7) is 0.124. The summed E-state index contributed by atoms with van der Waals surface area (Å²) >= 11 is 3.42. The zero-order valence-electron chi connectivity index (χ0n) is 11.9. The second kappa shape index (κ2) is 5.98. The summed E-state index contributed by atoms with van der Waals surface area (Å²) < 4.78 is 5.99. The van der Waals surface area contributed by atoms with E-state index < -0.39 is 0 Å². The van der Waals surface area contributed by atoms with Crippen LogP contribution in [0.4, 0.5) is 5.69 Å². The molecule has 1 aromatic rings. The van der Waals surface area contributed by atoms with Gasteiger partial charge >= 0.3 is 0 Å². The van der Waals surface area contributed by atoms with Crippen molar-refractivity contribution >= 4 is 33.4 Å². The number of nitrogens with zero attached hydrogens (tertiary/aromatic N) is 1. The van der Waals surface area contributed by atoms with E-state index in [-0.39, 0.29) is 18.4 Å². The summed E-state index contributed by atoms with van der Waals surface area (Å²) in [5.41, 5.74) is 1.83. The first-order valence-corrected chi connectivity index (χ1v) is 7.90. The maximum absolute atomic E-state index is 12.6. The van der Waals surface area contributed by atoms with Gasteiger partial charge < -0.3 is 4.74 Å². The lowest BCUT2D eigenvalue weighted by Crippen LogP contribution is -2.31. The van der Waals surface area contributed by atoms with Gasteiger partial charge in [-0.2, -0.15) is 0 Å². The van der Waals surface area contributed by atoms with Gasteiger partial charge in [0.2, 0.25) is 0 Å². The molecule has 0 bridgehead atoms. The lowest BCUT2D eigenvalue weighted by Gasteiger charge is -2.18. The van der Waals surface area contributed by atoms with Crippen molar-refractivity contribution in [3.8, 4) is 18.1 Å². The highest BCUT2D eigenvalue weighted by Gasteiger charge is 2.40. The Labute approximate surface area is 137 Å². The van der Waals surface area contributed by atoms with E-state index in [0.717, 1.165) is 12.8 Å². The zero-order chi connectivity index (χ0) is 15.7. The van der Waals surface area contributed by atoms with E-state index in [4.69, 9.17) is 11.2 Å². The molecule has 0 fully saturated rings. The molecule has 1 aliphatic heterocycles. The standard InChI is InChI=1S/C17H14BrNO3/c1-2-10-22-14-9-5-8-13(15(14)18)19-16(20)11-6-3-4-7-12(11)17(19)21/h1,5,8-9H,3-4,6-7,10H2. The lowest BCUT2D eigenvalue weighted by atomic mass is 9.93. The molecule has 0 radical (unpaired) electrons. The number of hydrogen-bond donors (Lipinski definition) is 0. The summed E-state index contributed by atoms with van der Waals surface area (Å²) in [6, 6.07) is 5.20. The number of terminal acetylenes is 1. The summed E-state index contributed by atoms with van der Waals surface area (Å²) in [5.74, 6) is 2.48. The van der Waals surface area contributed by atoms with Gasteiger partial charge in [0.05, 0.1) is 10.2 Å². The monoisotopic (exact) mass is 359 g/mol. The molecule has 4 nitrogen and oxygen atoms in total. The number of halogens is 1. The van der Waals surface area contributed by atoms with Crippen molar-refractivity contribution in [2.24, 2.45) is 0 Å². The molecule has 112 valence electrons. The molecule has 0 saturated carbocycles. The minimum atomic E-state index is -0.213. The van der Waals surface area contributed by atoms with Crippen LogP contribution in [0.3, 0.4) is 0 Å². The van der Waals surface area contributed by atoms with Gasteiger partial charge in [0.1, 0.15) is 12.4 Å². The molecule has 0 atom stereocenters. The average molecular weight is 360 g/mol. The number of hydrogen-bond acceptors (Lipinski definition) is 3. The molecule has 5 heteroatoms. The average Bonchev–Trinajstić information content (AvgIpc) is 2.79. The van der Waals surface area contributed by atoms with Crippen LogP contribution in [0.2, 0.25) is 0 Å². The van der Waals surface area contributed by atoms with Gasteiger partial charge in [-0.1, -0.05) is 12.0 Å². The predicted molar refractivity (Wildman–Crippen MR) is 86.5 cm³/mol. The predicted octanol–water partition coefficient (Wildman–Crippen LogP) is 3.20. The maximum Gasteiger partial charge on any atom is 0.261 e. The van der Waals surface area contributed by atoms with Gasteiger partial charge in [-0.05, 0) is 53.7 Å². The van der Waals surface area contributed by atoms with Gasteiger partial charge in [0.25, 0.3) is 11.8 Å². The van der Waals surface area contributed by atoms with Crippen LogP contribution in [0.25, 0.3) is 0 Å². The highest BCUT2D eigenvalue weighted by molar-refractivity contribution is 9.10. The number of benzene rings is 1. The van der Waals surface area contributed by atoms with Crippen LogP contribution < -0.4 is 9.64 Å². The first-order chi connectivity index (χ1) is 10.6. The third kappa shape index (κ3) is 2.34. The molecule has 0 aromatic heterocycles. The molecule has 0 N–H and O–H groups in total. The molecule has 0 saturated heterocycles. The third-order valence-electron chi connectivity index (χ3n) is 3.89. The molecule has 1 aromatic carbocycles. The first-order valence-electron chi connectivity index (χ1n) is 7.10. The van der Waals surface area contributed by atoms with Gasteiger partial charge in [0.15, 0.2) is 0 Å². The van der Waals surface area contributed by atoms with Crippen LogP contribution in [0, 0.1) is 12.3 Å². The van der Waals surface area contributed by atoms with E-state index in [2.05, 4.69) is 21.9 Å². The van der Waals surface area contributed by atoms with Crippen LogP contribution in [-0.4, -0.2) is 18.4 Å². The Morgan fingerprint density at radius 2 is 1.82 bits per heavy atom. The van der Waals surface area contributed by atoms with Crippen molar-refractivity contribution in [1.82, 2.24) is 0 Å². The van der Waals surface area contributed by atoms with Crippen LogP contribution in [-0.2, 0) is 9.59 Å². The Morgan fingerprint density at radius 1 is 1.18 bits per heavy atom. The molecule has 3 rings (SSSR count). The summed E-state index contributed by atoms with van der Waals surface area (Å²) in [6.07, 6.45) is 8.47. The van der Waals surface area contributed by atoms with Crippen molar-refractivity contribution in [2.45, 2.75) is 25.7 Å². The van der Waals surface area contributed by atoms with Crippen molar-refractivity contribution in [3.05, 3.63) is 33.8 Å². The topological polar surface area (TPSA) is 46.6 Å². The molecular formula is C17H14BrNO3. The van der Waals surface area contributed by atoms with E-state index in [1.54, 1.807) is 18.2 Å². The van der Waals surface area contributed by atoms with E-state index in [1.807, 2.05) is 0 Å². The summed E-state index contributed by atoms with van der Waals surface area (Å²) in [7, 11) is 0. The van der Waals surface area contributed by atoms with E-state index in [0.29, 0.717) is 39.9 Å². The number of rotatable bonds is 3. The number of anilines is 1. The smallest absolute Gasteiger partial charge is 0.261 e. The number of imide groups is 1. The van der Waals surface area contributed by atoms with Gasteiger partial charge in [-0.15, -0.1) is 6.42 Å². The fourth-order valence-electron chi connectivity index (χ4n) is 2.86. The van der Waals surface area contributed by atoms with Crippen LogP contribution in [0.15, 0.2) is 33.8 Å². The molecular weight excluding hydrogens is 346 g/mol. The van der Waals surface area contributed by atoms with E-state index in [1.165, 1.54) is 4.90 Å². The Kier molecular flexibility index (Phi) is 4.04. The van der Waals surface area contributed by atoms with Crippen molar-refractivity contribution in [3.63, 3.8) is 0 Å². The highest BCUT2D eigenvalue weighted by Crippen LogP contribution is 2.41. The van der Waals surface area contributed by atoms with Crippen LogP contribution in [0.1, 0.15) is 25.7 Å². The summed E-state index contributed by atoms with van der Waals surface area (Å²) in [4.78, 5) is 26.4. The van der Waals surface area contributed by atoms with E-state index >= 15 is 0 Å². The Balaban J connectivity index is 1.98. The molecule has 0 spiro atoms. The minimum absolute atomic E-state index is 0.124. The fraction of sp³-hybridized carbons (Fsp3) is 0.294. The Hall–Kier alpha value is -2.06. The molecule has 2 aliphatic rings. The Morgan fingerprint density at radius 3 is 2.41 bits per heavy atom. The Bertz CT molecular complexity index is 702. The number of carbonyl (C=O) groups excluding carboxylic acids is 2. The second-order valence-electron chi connectivity index (χ2n) is 5.19. The van der Waals surface area contributed by atoms with Crippen molar-refractivity contribution in [2.75, 3.05) is 11.5 Å². The molecule has 0 unspecified atom stereocenters. The van der Waals surface area contributed by atoms with Gasteiger partial charge in [0, 0.05) is 11.1 Å². The van der Waals surface area contributed by atoms with Crippen molar-refractivity contribution < 1.29 is 14.3 Å². The molecule has 1 aliphatic carbocycles. The maximum atomic E-state index is 12.6. The second-order valence-corrected chi connectivity index (χ2v) is 5.98. The zero-order valence-corrected chi connectivity index (χ0v) is 13.5. The highest BCUT2D eigenvalue weighted by atomic mass is 79.9. The normalized spacial score (nSPS) is 17.5. The lowest BCUT2D eigenvalue weighted by molar-refractivity contribution is -0.120. The van der Waals surface area contributed by atoms with Crippen LogP contribution in [0.5, 0.6) is 5.75 Å². The molecule has 1 heterocycles. The van der Waals surface area contributed by atoms with Gasteiger partial charge in [-0.3, -0.25) is 9.59 Å². The van der Waals surface area contributed by atoms with E-state index in [9.17, 15) is 9.59 Å². The summed E-state index contributed by atoms with van der Waals surface area (Å²) in [5, 5.41) is 0. The molecule has 22 heavy (non-hydrogen) atoms. The fourth-order valence-corrected chi connectivity index (χ4v) is 3.42. The van der Waals surface area contributed by atoms with Gasteiger partial charge in [-0.25, -0.2) is 4.90 Å². The first kappa shape index (κ1) is 14.9. The van der Waals surface area contributed by atoms with Crippen molar-refractivity contribution in [1.29, 1.82) is 0 Å². The number of amides is 2. The quantitative estimate of drug-likeness (QED) is 0.614.